The van der Waals surface area contributed by atoms with Crippen molar-refractivity contribution in [1.29, 1.82) is 0 Å². The number of nitrogens with one attached hydrogen (secondary N) is 1. The maximum atomic E-state index is 4.21. The van der Waals surface area contributed by atoms with Crippen molar-refractivity contribution < 1.29 is 0 Å². The van der Waals surface area contributed by atoms with Crippen molar-refractivity contribution in [3.63, 3.8) is 0 Å². The van der Waals surface area contributed by atoms with Gasteiger partial charge in [0.25, 0.3) is 0 Å². The fraction of sp³-hybridized carbons (Fsp3) is 0.750. The molecule has 3 nitrogen and oxygen atoms in total. The lowest BCUT2D eigenvalue weighted by Gasteiger charge is -2.17. The second kappa shape index (κ2) is 6.97. The van der Waals surface area contributed by atoms with E-state index >= 15 is 0 Å². The zero-order chi connectivity index (χ0) is 12.0. The molecule has 4 heteroatoms. The van der Waals surface area contributed by atoms with Gasteiger partial charge in [-0.05, 0) is 26.5 Å². The van der Waals surface area contributed by atoms with Gasteiger partial charge < -0.3 is 9.88 Å². The molecule has 0 saturated heterocycles. The molecule has 1 aromatic heterocycles. The minimum Gasteiger partial charge on any atom is -0.331 e. The molecule has 0 fully saturated rings. The predicted molar refractivity (Wildman–Crippen MR) is 71.9 cm³/mol. The zero-order valence-electron chi connectivity index (χ0n) is 10.7. The van der Waals surface area contributed by atoms with Crippen molar-refractivity contribution in [2.75, 3.05) is 12.0 Å². The summed E-state index contributed by atoms with van der Waals surface area (Å²) in [6.45, 7) is 7.51. The molecule has 92 valence electrons. The molecule has 0 saturated carbocycles. The van der Waals surface area contributed by atoms with E-state index in [2.05, 4.69) is 41.9 Å². The molecule has 0 aliphatic heterocycles. The number of imidazole rings is 1. The largest absolute Gasteiger partial charge is 0.331 e. The van der Waals surface area contributed by atoms with Crippen molar-refractivity contribution in [2.24, 2.45) is 0 Å². The SMILES string of the molecule is CCC(CSC)NCc1cncn1C(C)C. The summed E-state index contributed by atoms with van der Waals surface area (Å²) in [6.07, 6.45) is 7.20. The third-order valence-corrected chi connectivity index (χ3v) is 3.47. The summed E-state index contributed by atoms with van der Waals surface area (Å²) in [7, 11) is 0. The summed E-state index contributed by atoms with van der Waals surface area (Å²) in [5, 5.41) is 3.59. The van der Waals surface area contributed by atoms with Crippen LogP contribution in [0.5, 0.6) is 0 Å². The number of aromatic nitrogens is 2. The molecule has 0 aromatic carbocycles. The van der Waals surface area contributed by atoms with Crippen LogP contribution in [0.2, 0.25) is 0 Å². The van der Waals surface area contributed by atoms with Gasteiger partial charge in [-0.15, -0.1) is 0 Å². The molecule has 16 heavy (non-hydrogen) atoms. The number of hydrogen-bond donors (Lipinski definition) is 1. The lowest BCUT2D eigenvalue weighted by Crippen LogP contribution is -2.31. The Hall–Kier alpha value is -0.480. The van der Waals surface area contributed by atoms with Gasteiger partial charge in [-0.25, -0.2) is 4.98 Å². The van der Waals surface area contributed by atoms with Crippen LogP contribution < -0.4 is 5.32 Å². The van der Waals surface area contributed by atoms with Crippen LogP contribution in [0.4, 0.5) is 0 Å². The van der Waals surface area contributed by atoms with Gasteiger partial charge in [-0.1, -0.05) is 6.92 Å². The van der Waals surface area contributed by atoms with Crippen LogP contribution in [-0.2, 0) is 6.54 Å². The molecule has 1 aromatic rings. The molecular weight excluding hydrogens is 218 g/mol. The highest BCUT2D eigenvalue weighted by atomic mass is 32.2. The Morgan fingerprint density at radius 2 is 2.25 bits per heavy atom. The van der Waals surface area contributed by atoms with Crippen molar-refractivity contribution in [3.05, 3.63) is 18.2 Å². The second-order valence-electron chi connectivity index (χ2n) is 4.33. The van der Waals surface area contributed by atoms with Gasteiger partial charge in [0.15, 0.2) is 0 Å². The van der Waals surface area contributed by atoms with Crippen molar-refractivity contribution in [3.8, 4) is 0 Å². The normalized spacial score (nSPS) is 13.3. The minimum atomic E-state index is 0.486. The Kier molecular flexibility index (Phi) is 5.91. The van der Waals surface area contributed by atoms with E-state index in [0.717, 1.165) is 6.54 Å². The minimum absolute atomic E-state index is 0.486. The van der Waals surface area contributed by atoms with Crippen molar-refractivity contribution in [2.45, 2.75) is 45.8 Å². The van der Waals surface area contributed by atoms with Crippen LogP contribution in [-0.4, -0.2) is 27.6 Å². The first-order valence-electron chi connectivity index (χ1n) is 5.92. The molecule has 1 heterocycles. The standard InChI is InChI=1S/C12H23N3S/c1-5-11(8-16-4)14-7-12-6-13-9-15(12)10(2)3/h6,9-11,14H,5,7-8H2,1-4H3. The van der Waals surface area contributed by atoms with Gasteiger partial charge in [0.05, 0.1) is 12.0 Å². The molecule has 0 aliphatic rings. The Morgan fingerprint density at radius 3 is 2.81 bits per heavy atom. The molecular formula is C12H23N3S. The van der Waals surface area contributed by atoms with Crippen LogP contribution in [0.15, 0.2) is 12.5 Å². The maximum absolute atomic E-state index is 4.21. The van der Waals surface area contributed by atoms with Gasteiger partial charge in [-0.3, -0.25) is 0 Å². The molecule has 1 N–H and O–H groups in total. The lowest BCUT2D eigenvalue weighted by atomic mass is 10.2. The lowest BCUT2D eigenvalue weighted by molar-refractivity contribution is 0.503. The molecule has 0 amide bonds. The second-order valence-corrected chi connectivity index (χ2v) is 5.24. The van der Waals surface area contributed by atoms with Gasteiger partial charge in [0, 0.05) is 30.6 Å². The van der Waals surface area contributed by atoms with E-state index in [9.17, 15) is 0 Å². The Morgan fingerprint density at radius 1 is 1.50 bits per heavy atom. The Bertz CT molecular complexity index is 296. The van der Waals surface area contributed by atoms with E-state index < -0.39 is 0 Å². The van der Waals surface area contributed by atoms with Crippen LogP contribution in [0, 0.1) is 0 Å². The summed E-state index contributed by atoms with van der Waals surface area (Å²) in [6, 6.07) is 1.09. The molecule has 0 spiro atoms. The van der Waals surface area contributed by atoms with Crippen LogP contribution in [0.1, 0.15) is 38.9 Å². The summed E-state index contributed by atoms with van der Waals surface area (Å²) in [4.78, 5) is 4.21. The van der Waals surface area contributed by atoms with E-state index in [1.54, 1.807) is 0 Å². The summed E-state index contributed by atoms with van der Waals surface area (Å²) in [5.41, 5.74) is 1.27. The molecule has 0 aliphatic carbocycles. The highest BCUT2D eigenvalue weighted by Crippen LogP contribution is 2.09. The first-order valence-corrected chi connectivity index (χ1v) is 7.31. The maximum Gasteiger partial charge on any atom is 0.0951 e. The zero-order valence-corrected chi connectivity index (χ0v) is 11.5. The average Bonchev–Trinajstić information content (AvgIpc) is 2.72. The van der Waals surface area contributed by atoms with Gasteiger partial charge >= 0.3 is 0 Å². The fourth-order valence-corrected chi connectivity index (χ4v) is 2.46. The van der Waals surface area contributed by atoms with Gasteiger partial charge in [0.2, 0.25) is 0 Å². The third kappa shape index (κ3) is 3.83. The van der Waals surface area contributed by atoms with Crippen LogP contribution >= 0.6 is 11.8 Å². The average molecular weight is 241 g/mol. The Balaban J connectivity index is 2.49. The molecule has 0 bridgehead atoms. The predicted octanol–water partition coefficient (Wildman–Crippen LogP) is 2.70. The van der Waals surface area contributed by atoms with E-state index in [1.807, 2.05) is 24.3 Å². The van der Waals surface area contributed by atoms with E-state index in [4.69, 9.17) is 0 Å². The van der Waals surface area contributed by atoms with Gasteiger partial charge in [0.1, 0.15) is 0 Å². The fourth-order valence-electron chi connectivity index (χ4n) is 1.71. The first kappa shape index (κ1) is 13.6. The number of nitrogens with zero attached hydrogens (tertiary/aromatic N) is 2. The number of rotatable bonds is 7. The van der Waals surface area contributed by atoms with Gasteiger partial charge in [-0.2, -0.15) is 11.8 Å². The van der Waals surface area contributed by atoms with E-state index in [-0.39, 0.29) is 0 Å². The van der Waals surface area contributed by atoms with E-state index in [1.165, 1.54) is 17.9 Å². The molecule has 1 unspecified atom stereocenters. The quantitative estimate of drug-likeness (QED) is 0.796. The Labute approximate surface area is 103 Å². The van der Waals surface area contributed by atoms with Crippen LogP contribution in [0.3, 0.4) is 0 Å². The summed E-state index contributed by atoms with van der Waals surface area (Å²) < 4.78 is 2.22. The van der Waals surface area contributed by atoms with Crippen LogP contribution in [0.25, 0.3) is 0 Å². The summed E-state index contributed by atoms with van der Waals surface area (Å²) in [5.74, 6) is 1.17. The van der Waals surface area contributed by atoms with E-state index in [0.29, 0.717) is 12.1 Å². The number of thioether (sulfide) groups is 1. The van der Waals surface area contributed by atoms with Crippen molar-refractivity contribution >= 4 is 11.8 Å². The topological polar surface area (TPSA) is 29.9 Å². The summed E-state index contributed by atoms with van der Waals surface area (Å²) >= 11 is 1.90. The van der Waals surface area contributed by atoms with Crippen molar-refractivity contribution in [1.82, 2.24) is 14.9 Å². The highest BCUT2D eigenvalue weighted by Gasteiger charge is 2.08. The molecule has 1 rings (SSSR count). The highest BCUT2D eigenvalue weighted by molar-refractivity contribution is 7.98. The molecule has 1 atom stereocenters. The molecule has 0 radical (unpaired) electrons. The third-order valence-electron chi connectivity index (χ3n) is 2.74. The monoisotopic (exact) mass is 241 g/mol. The number of hydrogen-bond acceptors (Lipinski definition) is 3. The first-order chi connectivity index (χ1) is 7.69. The smallest absolute Gasteiger partial charge is 0.0951 e.